The van der Waals surface area contributed by atoms with Crippen molar-refractivity contribution in [1.29, 1.82) is 0 Å². The predicted molar refractivity (Wildman–Crippen MR) is 108 cm³/mol. The lowest BCUT2D eigenvalue weighted by atomic mass is 10.2. The number of fused-ring (bicyclic) bond motifs is 1. The summed E-state index contributed by atoms with van der Waals surface area (Å²) in [5.74, 6) is -1.74. The Kier molecular flexibility index (Phi) is 5.88. The largest absolute Gasteiger partial charge is 0.466 e. The van der Waals surface area contributed by atoms with Gasteiger partial charge < -0.3 is 14.4 Å². The van der Waals surface area contributed by atoms with Crippen LogP contribution in [0.1, 0.15) is 18.1 Å². The fourth-order valence-corrected chi connectivity index (χ4v) is 4.03. The van der Waals surface area contributed by atoms with Crippen LogP contribution in [0.5, 0.6) is 0 Å². The highest BCUT2D eigenvalue weighted by atomic mass is 19.1. The minimum atomic E-state index is -0.638. The number of carbonyl (C=O) groups is 3. The standard InChI is InChI=1S/C23H23FN2O5/c1-2-30-22(28)19-20-21(19)26(23(29)31-14-16-6-4-3-5-7-16)13-18(27)25(20)12-15-8-10-17(24)11-9-15/h3-11,19-21H,2,12-14H2,1H3. The maximum Gasteiger partial charge on any atom is 0.410 e. The van der Waals surface area contributed by atoms with Gasteiger partial charge in [0.1, 0.15) is 24.9 Å². The Morgan fingerprint density at radius 2 is 1.71 bits per heavy atom. The van der Waals surface area contributed by atoms with E-state index in [1.165, 1.54) is 17.0 Å². The van der Waals surface area contributed by atoms with E-state index in [1.807, 2.05) is 30.3 Å². The highest BCUT2D eigenvalue weighted by Crippen LogP contribution is 2.45. The molecule has 2 amide bonds. The molecular weight excluding hydrogens is 403 g/mol. The minimum absolute atomic E-state index is 0.0745. The molecule has 2 fully saturated rings. The number of amides is 2. The Morgan fingerprint density at radius 1 is 1.00 bits per heavy atom. The zero-order valence-electron chi connectivity index (χ0n) is 17.1. The van der Waals surface area contributed by atoms with Crippen molar-refractivity contribution >= 4 is 18.0 Å². The summed E-state index contributed by atoms with van der Waals surface area (Å²) < 4.78 is 23.8. The molecule has 1 aliphatic carbocycles. The van der Waals surface area contributed by atoms with Gasteiger partial charge in [-0.3, -0.25) is 14.5 Å². The van der Waals surface area contributed by atoms with E-state index in [-0.39, 0.29) is 38.0 Å². The first-order valence-corrected chi connectivity index (χ1v) is 10.2. The lowest BCUT2D eigenvalue weighted by Gasteiger charge is -2.33. The Hall–Kier alpha value is -3.42. The van der Waals surface area contributed by atoms with Crippen molar-refractivity contribution in [3.05, 3.63) is 71.5 Å². The zero-order valence-corrected chi connectivity index (χ0v) is 17.1. The summed E-state index contributed by atoms with van der Waals surface area (Å²) in [5, 5.41) is 0. The van der Waals surface area contributed by atoms with Gasteiger partial charge in [0.15, 0.2) is 0 Å². The molecule has 162 valence electrons. The molecule has 0 bridgehead atoms. The zero-order chi connectivity index (χ0) is 22.0. The van der Waals surface area contributed by atoms with E-state index in [0.717, 1.165) is 11.1 Å². The second-order valence-corrected chi connectivity index (χ2v) is 7.58. The van der Waals surface area contributed by atoms with E-state index in [1.54, 1.807) is 24.0 Å². The van der Waals surface area contributed by atoms with Crippen LogP contribution in [-0.4, -0.2) is 53.0 Å². The predicted octanol–water partition coefficient (Wildman–Crippen LogP) is 2.74. The smallest absolute Gasteiger partial charge is 0.410 e. The summed E-state index contributed by atoms with van der Waals surface area (Å²) in [4.78, 5) is 41.0. The third-order valence-electron chi connectivity index (χ3n) is 5.56. The SMILES string of the molecule is CCOC(=O)C1C2C1N(C(=O)OCc1ccccc1)CC(=O)N2Cc1ccc(F)cc1. The first-order chi connectivity index (χ1) is 15.0. The molecule has 31 heavy (non-hydrogen) atoms. The molecule has 1 saturated heterocycles. The number of carbonyl (C=O) groups excluding carboxylic acids is 3. The summed E-state index contributed by atoms with van der Waals surface area (Å²) in [7, 11) is 0. The summed E-state index contributed by atoms with van der Waals surface area (Å²) in [5.41, 5.74) is 1.56. The maximum atomic E-state index is 13.2. The van der Waals surface area contributed by atoms with Crippen LogP contribution in [-0.2, 0) is 32.2 Å². The van der Waals surface area contributed by atoms with Gasteiger partial charge in [-0.25, -0.2) is 9.18 Å². The van der Waals surface area contributed by atoms with E-state index < -0.39 is 30.1 Å². The van der Waals surface area contributed by atoms with Gasteiger partial charge in [0.05, 0.1) is 18.7 Å². The van der Waals surface area contributed by atoms with Gasteiger partial charge in [-0.1, -0.05) is 42.5 Å². The van der Waals surface area contributed by atoms with Gasteiger partial charge in [-0.15, -0.1) is 0 Å². The number of hydrogen-bond donors (Lipinski definition) is 0. The molecular formula is C23H23FN2O5. The number of esters is 1. The number of piperazine rings is 1. The number of hydrogen-bond acceptors (Lipinski definition) is 5. The van der Waals surface area contributed by atoms with Crippen LogP contribution >= 0.6 is 0 Å². The monoisotopic (exact) mass is 426 g/mol. The number of nitrogens with zero attached hydrogens (tertiary/aromatic N) is 2. The van der Waals surface area contributed by atoms with Crippen LogP contribution in [0, 0.1) is 11.7 Å². The second kappa shape index (κ2) is 8.75. The maximum absolute atomic E-state index is 13.2. The quantitative estimate of drug-likeness (QED) is 0.664. The molecule has 2 aromatic carbocycles. The van der Waals surface area contributed by atoms with Gasteiger partial charge in [0.2, 0.25) is 5.91 Å². The Labute approximate surface area is 179 Å². The van der Waals surface area contributed by atoms with Gasteiger partial charge in [0.25, 0.3) is 0 Å². The molecule has 0 radical (unpaired) electrons. The molecule has 3 atom stereocenters. The Balaban J connectivity index is 1.49. The van der Waals surface area contributed by atoms with E-state index >= 15 is 0 Å². The molecule has 8 heteroatoms. The average molecular weight is 426 g/mol. The fourth-order valence-electron chi connectivity index (χ4n) is 4.03. The van der Waals surface area contributed by atoms with Crippen molar-refractivity contribution in [2.24, 2.45) is 5.92 Å². The molecule has 2 aliphatic rings. The molecule has 0 spiro atoms. The van der Waals surface area contributed by atoms with E-state index in [0.29, 0.717) is 0 Å². The first-order valence-electron chi connectivity index (χ1n) is 10.2. The van der Waals surface area contributed by atoms with E-state index in [4.69, 9.17) is 9.47 Å². The fraction of sp³-hybridized carbons (Fsp3) is 0.348. The molecule has 0 N–H and O–H groups in total. The second-order valence-electron chi connectivity index (χ2n) is 7.58. The van der Waals surface area contributed by atoms with Crippen molar-refractivity contribution in [1.82, 2.24) is 9.80 Å². The van der Waals surface area contributed by atoms with Crippen LogP contribution in [0.25, 0.3) is 0 Å². The van der Waals surface area contributed by atoms with Crippen LogP contribution in [0.2, 0.25) is 0 Å². The molecule has 1 heterocycles. The van der Waals surface area contributed by atoms with Crippen LogP contribution in [0.4, 0.5) is 9.18 Å². The number of halogens is 1. The van der Waals surface area contributed by atoms with Crippen molar-refractivity contribution in [3.63, 3.8) is 0 Å². The molecule has 3 unspecified atom stereocenters. The topological polar surface area (TPSA) is 76.1 Å². The Morgan fingerprint density at radius 3 is 2.39 bits per heavy atom. The van der Waals surface area contributed by atoms with Crippen LogP contribution in [0.3, 0.4) is 0 Å². The van der Waals surface area contributed by atoms with Crippen molar-refractivity contribution in [3.8, 4) is 0 Å². The van der Waals surface area contributed by atoms with E-state index in [2.05, 4.69) is 0 Å². The van der Waals surface area contributed by atoms with E-state index in [9.17, 15) is 18.8 Å². The normalized spacial score (nSPS) is 22.0. The highest BCUT2D eigenvalue weighted by molar-refractivity contribution is 5.90. The lowest BCUT2D eigenvalue weighted by molar-refractivity contribution is -0.145. The van der Waals surface area contributed by atoms with Crippen LogP contribution in [0.15, 0.2) is 54.6 Å². The molecule has 1 aliphatic heterocycles. The van der Waals surface area contributed by atoms with Crippen molar-refractivity contribution in [2.45, 2.75) is 32.2 Å². The van der Waals surface area contributed by atoms with Crippen molar-refractivity contribution < 1.29 is 28.2 Å². The van der Waals surface area contributed by atoms with Gasteiger partial charge in [-0.2, -0.15) is 0 Å². The third-order valence-corrected chi connectivity index (χ3v) is 5.56. The van der Waals surface area contributed by atoms with Gasteiger partial charge in [0, 0.05) is 6.54 Å². The van der Waals surface area contributed by atoms with Gasteiger partial charge >= 0.3 is 12.1 Å². The van der Waals surface area contributed by atoms with Crippen molar-refractivity contribution in [2.75, 3.05) is 13.2 Å². The summed E-state index contributed by atoms with van der Waals surface area (Å²) in [6, 6.07) is 14.1. The Bertz CT molecular complexity index is 966. The minimum Gasteiger partial charge on any atom is -0.466 e. The number of rotatable bonds is 6. The van der Waals surface area contributed by atoms with Crippen LogP contribution < -0.4 is 0 Å². The average Bonchev–Trinajstić information content (AvgIpc) is 3.52. The van der Waals surface area contributed by atoms with Gasteiger partial charge in [-0.05, 0) is 30.2 Å². The molecule has 1 saturated carbocycles. The molecule has 7 nitrogen and oxygen atoms in total. The number of ether oxygens (including phenoxy) is 2. The summed E-state index contributed by atoms with van der Waals surface area (Å²) in [6.07, 6.45) is -0.638. The number of benzene rings is 2. The highest BCUT2D eigenvalue weighted by Gasteiger charge is 2.66. The third kappa shape index (κ3) is 4.38. The molecule has 4 rings (SSSR count). The summed E-state index contributed by atoms with van der Waals surface area (Å²) in [6.45, 7) is 2.02. The molecule has 2 aromatic rings. The molecule has 0 aromatic heterocycles. The first kappa shape index (κ1) is 20.8. The lowest BCUT2D eigenvalue weighted by Crippen LogP contribution is -2.51. The summed E-state index contributed by atoms with van der Waals surface area (Å²) >= 11 is 0.